The average Bonchev–Trinajstić information content (AvgIpc) is 2.30. The van der Waals surface area contributed by atoms with Crippen molar-refractivity contribution in [1.29, 1.82) is 0 Å². The summed E-state index contributed by atoms with van der Waals surface area (Å²) in [5.41, 5.74) is 0.698. The first-order valence-electron chi connectivity index (χ1n) is 3.50. The minimum atomic E-state index is -1.07. The number of hydrogen-bond donors (Lipinski definition) is 3. The van der Waals surface area contributed by atoms with Crippen LogP contribution in [0.2, 0.25) is 0 Å². The van der Waals surface area contributed by atoms with Crippen LogP contribution < -0.4 is 0 Å². The van der Waals surface area contributed by atoms with Crippen molar-refractivity contribution in [2.24, 2.45) is 0 Å². The Morgan fingerprint density at radius 1 is 1.67 bits per heavy atom. The molecule has 66 valence electrons. The number of nitrogens with one attached hydrogen (secondary N) is 1. The summed E-state index contributed by atoms with van der Waals surface area (Å²) >= 11 is 0. The first-order chi connectivity index (χ1) is 5.54. The molecule has 12 heavy (non-hydrogen) atoms. The highest BCUT2D eigenvalue weighted by Gasteiger charge is 2.19. The Labute approximate surface area is 69.0 Å². The van der Waals surface area contributed by atoms with Gasteiger partial charge in [-0.25, -0.2) is 4.79 Å². The van der Waals surface area contributed by atoms with Crippen molar-refractivity contribution >= 4 is 5.97 Å². The van der Waals surface area contributed by atoms with Gasteiger partial charge in [0.25, 0.3) is 0 Å². The van der Waals surface area contributed by atoms with Crippen LogP contribution in [0.5, 0.6) is 0 Å². The molecule has 0 aliphatic carbocycles. The highest BCUT2D eigenvalue weighted by Crippen LogP contribution is 2.17. The quantitative estimate of drug-likeness (QED) is 0.602. The fourth-order valence-electron chi connectivity index (χ4n) is 1.02. The highest BCUT2D eigenvalue weighted by atomic mass is 16.4. The van der Waals surface area contributed by atoms with Crippen molar-refractivity contribution in [2.45, 2.75) is 20.0 Å². The third-order valence-electron chi connectivity index (χ3n) is 1.58. The first-order valence-corrected chi connectivity index (χ1v) is 3.50. The smallest absolute Gasteiger partial charge is 0.339 e. The number of hydrogen-bond acceptors (Lipinski definition) is 3. The minimum absolute atomic E-state index is 0.0602. The molecular weight excluding hydrogens is 160 g/mol. The lowest BCUT2D eigenvalue weighted by Crippen LogP contribution is -2.04. The van der Waals surface area contributed by atoms with Crippen LogP contribution in [-0.2, 0) is 0 Å². The molecule has 5 heteroatoms. The van der Waals surface area contributed by atoms with Gasteiger partial charge in [0.05, 0.1) is 6.10 Å². The number of aryl methyl sites for hydroxylation is 1. The van der Waals surface area contributed by atoms with Crippen LogP contribution in [0.4, 0.5) is 0 Å². The van der Waals surface area contributed by atoms with Crippen LogP contribution in [0.25, 0.3) is 0 Å². The van der Waals surface area contributed by atoms with Crippen LogP contribution in [0, 0.1) is 6.92 Å². The summed E-state index contributed by atoms with van der Waals surface area (Å²) < 4.78 is 0. The van der Waals surface area contributed by atoms with Gasteiger partial charge < -0.3 is 10.2 Å². The van der Waals surface area contributed by atoms with E-state index in [2.05, 4.69) is 10.2 Å². The lowest BCUT2D eigenvalue weighted by atomic mass is 10.1. The molecule has 0 bridgehead atoms. The zero-order chi connectivity index (χ0) is 9.30. The van der Waals surface area contributed by atoms with Gasteiger partial charge in [-0.15, -0.1) is 0 Å². The summed E-state index contributed by atoms with van der Waals surface area (Å²) in [5, 5.41) is 24.0. The van der Waals surface area contributed by atoms with Gasteiger partial charge in [-0.1, -0.05) is 0 Å². The highest BCUT2D eigenvalue weighted by molar-refractivity contribution is 5.90. The Hall–Kier alpha value is -1.36. The molecule has 1 atom stereocenters. The summed E-state index contributed by atoms with van der Waals surface area (Å²) in [4.78, 5) is 10.6. The normalized spacial score (nSPS) is 12.9. The summed E-state index contributed by atoms with van der Waals surface area (Å²) in [5.74, 6) is -1.07. The zero-order valence-electron chi connectivity index (χ0n) is 6.83. The zero-order valence-corrected chi connectivity index (χ0v) is 6.83. The molecule has 0 aliphatic heterocycles. The SMILES string of the molecule is Cc1[nH]nc(C(C)O)c1C(=O)O. The number of carbonyl (C=O) groups is 1. The Morgan fingerprint density at radius 3 is 2.58 bits per heavy atom. The molecule has 0 fully saturated rings. The molecule has 1 heterocycles. The summed E-state index contributed by atoms with van der Waals surface area (Å²) in [6, 6.07) is 0. The lowest BCUT2D eigenvalue weighted by Gasteiger charge is -2.00. The Bertz CT molecular complexity index is 304. The van der Waals surface area contributed by atoms with Crippen LogP contribution in [0.1, 0.15) is 34.8 Å². The van der Waals surface area contributed by atoms with E-state index in [1.54, 1.807) is 6.92 Å². The fourth-order valence-corrected chi connectivity index (χ4v) is 1.02. The van der Waals surface area contributed by atoms with E-state index in [1.165, 1.54) is 6.92 Å². The van der Waals surface area contributed by atoms with Gasteiger partial charge in [0, 0.05) is 5.69 Å². The molecular formula is C7H10N2O3. The van der Waals surface area contributed by atoms with Crippen molar-refractivity contribution in [1.82, 2.24) is 10.2 Å². The van der Waals surface area contributed by atoms with E-state index in [9.17, 15) is 4.79 Å². The second-order valence-electron chi connectivity index (χ2n) is 2.59. The summed E-state index contributed by atoms with van der Waals surface area (Å²) in [7, 11) is 0. The van der Waals surface area contributed by atoms with Gasteiger partial charge in [0.1, 0.15) is 11.3 Å². The maximum absolute atomic E-state index is 10.6. The van der Waals surface area contributed by atoms with Crippen molar-refractivity contribution < 1.29 is 15.0 Å². The van der Waals surface area contributed by atoms with E-state index in [0.29, 0.717) is 5.69 Å². The average molecular weight is 170 g/mol. The van der Waals surface area contributed by atoms with Gasteiger partial charge >= 0.3 is 5.97 Å². The Kier molecular flexibility index (Phi) is 2.14. The molecule has 1 aromatic rings. The van der Waals surface area contributed by atoms with E-state index < -0.39 is 12.1 Å². The van der Waals surface area contributed by atoms with Crippen LogP contribution in [-0.4, -0.2) is 26.4 Å². The number of nitrogens with zero attached hydrogens (tertiary/aromatic N) is 1. The molecule has 0 aliphatic rings. The summed E-state index contributed by atoms with van der Waals surface area (Å²) in [6.07, 6.45) is -0.860. The van der Waals surface area contributed by atoms with Crippen LogP contribution >= 0.6 is 0 Å². The summed E-state index contributed by atoms with van der Waals surface area (Å²) in [6.45, 7) is 3.07. The number of aromatic nitrogens is 2. The topological polar surface area (TPSA) is 86.2 Å². The largest absolute Gasteiger partial charge is 0.478 e. The molecule has 0 spiro atoms. The number of H-pyrrole nitrogens is 1. The van der Waals surface area contributed by atoms with E-state index in [1.807, 2.05) is 0 Å². The molecule has 0 aromatic carbocycles. The molecule has 0 amide bonds. The van der Waals surface area contributed by atoms with E-state index in [4.69, 9.17) is 10.2 Å². The molecule has 1 aromatic heterocycles. The lowest BCUT2D eigenvalue weighted by molar-refractivity contribution is 0.0689. The number of carboxylic acids is 1. The van der Waals surface area contributed by atoms with Crippen molar-refractivity contribution in [2.75, 3.05) is 0 Å². The Morgan fingerprint density at radius 2 is 2.25 bits per heavy atom. The van der Waals surface area contributed by atoms with Crippen molar-refractivity contribution in [3.8, 4) is 0 Å². The van der Waals surface area contributed by atoms with Gasteiger partial charge in [0.2, 0.25) is 0 Å². The van der Waals surface area contributed by atoms with E-state index >= 15 is 0 Å². The second kappa shape index (κ2) is 2.94. The fraction of sp³-hybridized carbons (Fsp3) is 0.429. The third-order valence-corrected chi connectivity index (χ3v) is 1.58. The Balaban J connectivity index is 3.21. The molecule has 5 nitrogen and oxygen atoms in total. The number of aliphatic hydroxyl groups excluding tert-OH is 1. The molecule has 3 N–H and O–H groups in total. The predicted molar refractivity (Wildman–Crippen MR) is 40.9 cm³/mol. The second-order valence-corrected chi connectivity index (χ2v) is 2.59. The standard InChI is InChI=1S/C7H10N2O3/c1-3-5(7(11)12)6(4(2)10)9-8-3/h4,10H,1-2H3,(H,8,9)(H,11,12). The van der Waals surface area contributed by atoms with Gasteiger partial charge in [0.15, 0.2) is 0 Å². The van der Waals surface area contributed by atoms with E-state index in [-0.39, 0.29) is 11.3 Å². The monoisotopic (exact) mass is 170 g/mol. The van der Waals surface area contributed by atoms with Crippen molar-refractivity contribution in [3.05, 3.63) is 17.0 Å². The number of aliphatic hydroxyl groups is 1. The number of carboxylic acid groups (broad SMARTS) is 1. The number of aromatic carboxylic acids is 1. The van der Waals surface area contributed by atoms with Gasteiger partial charge in [-0.3, -0.25) is 5.10 Å². The minimum Gasteiger partial charge on any atom is -0.478 e. The molecule has 1 unspecified atom stereocenters. The maximum Gasteiger partial charge on any atom is 0.339 e. The van der Waals surface area contributed by atoms with E-state index in [0.717, 1.165) is 0 Å². The van der Waals surface area contributed by atoms with Crippen molar-refractivity contribution in [3.63, 3.8) is 0 Å². The predicted octanol–water partition coefficient (Wildman–Crippen LogP) is 0.470. The van der Waals surface area contributed by atoms with Crippen LogP contribution in [0.3, 0.4) is 0 Å². The third kappa shape index (κ3) is 1.31. The number of rotatable bonds is 2. The molecule has 0 radical (unpaired) electrons. The molecule has 1 rings (SSSR count). The van der Waals surface area contributed by atoms with Gasteiger partial charge in [-0.2, -0.15) is 5.10 Å². The maximum atomic E-state index is 10.6. The first kappa shape index (κ1) is 8.73. The van der Waals surface area contributed by atoms with Crippen LogP contribution in [0.15, 0.2) is 0 Å². The van der Waals surface area contributed by atoms with Gasteiger partial charge in [-0.05, 0) is 13.8 Å². The molecule has 0 saturated heterocycles. The molecule has 0 saturated carbocycles. The number of aromatic amines is 1.